The van der Waals surface area contributed by atoms with E-state index in [1.165, 1.54) is 4.31 Å². The molecule has 0 aliphatic carbocycles. The smallest absolute Gasteiger partial charge is 0.246 e. The third kappa shape index (κ3) is 3.56. The van der Waals surface area contributed by atoms with E-state index in [1.807, 2.05) is 13.0 Å². The maximum Gasteiger partial charge on any atom is 0.246 e. The highest BCUT2D eigenvalue weighted by Gasteiger charge is 2.32. The van der Waals surface area contributed by atoms with Crippen molar-refractivity contribution in [1.82, 2.24) is 4.90 Å². The molecule has 2 rings (SSSR count). The number of carbonyl (C=O) groups is 1. The number of benzene rings is 1. The first-order chi connectivity index (χ1) is 9.80. The van der Waals surface area contributed by atoms with Gasteiger partial charge in [-0.05, 0) is 44.4 Å². The molecule has 0 radical (unpaired) electrons. The molecule has 1 aliphatic heterocycles. The fourth-order valence-corrected chi connectivity index (χ4v) is 3.93. The predicted molar refractivity (Wildman–Crippen MR) is 83.8 cm³/mol. The molecule has 1 aromatic carbocycles. The van der Waals surface area contributed by atoms with Crippen molar-refractivity contribution in [2.75, 3.05) is 23.7 Å². The van der Waals surface area contributed by atoms with Crippen LogP contribution in [0.2, 0.25) is 0 Å². The number of amides is 1. The van der Waals surface area contributed by atoms with Crippen molar-refractivity contribution < 1.29 is 13.2 Å². The van der Waals surface area contributed by atoms with Crippen molar-refractivity contribution in [1.29, 1.82) is 0 Å². The van der Waals surface area contributed by atoms with Crippen molar-refractivity contribution in [2.24, 2.45) is 0 Å². The van der Waals surface area contributed by atoms with Crippen LogP contribution in [0.1, 0.15) is 25.3 Å². The van der Waals surface area contributed by atoms with Gasteiger partial charge in [-0.15, -0.1) is 0 Å². The lowest BCUT2D eigenvalue weighted by molar-refractivity contribution is -0.130. The SMILES string of the molecule is Cc1cccc(N([C@H](C)C(=O)N2CCCC2)S(C)(=O)=O)c1. The number of aryl methyl sites for hydroxylation is 1. The quantitative estimate of drug-likeness (QED) is 0.851. The van der Waals surface area contributed by atoms with Crippen LogP contribution in [0.25, 0.3) is 0 Å². The number of sulfonamides is 1. The van der Waals surface area contributed by atoms with Gasteiger partial charge in [-0.2, -0.15) is 0 Å². The highest BCUT2D eigenvalue weighted by molar-refractivity contribution is 7.92. The largest absolute Gasteiger partial charge is 0.341 e. The maximum atomic E-state index is 12.5. The van der Waals surface area contributed by atoms with Gasteiger partial charge in [0.15, 0.2) is 0 Å². The molecular weight excluding hydrogens is 288 g/mol. The van der Waals surface area contributed by atoms with Crippen molar-refractivity contribution >= 4 is 21.6 Å². The van der Waals surface area contributed by atoms with Crippen molar-refractivity contribution in [2.45, 2.75) is 32.7 Å². The molecule has 1 aromatic rings. The van der Waals surface area contributed by atoms with Crippen LogP contribution in [0, 0.1) is 6.92 Å². The molecule has 0 aromatic heterocycles. The van der Waals surface area contributed by atoms with Gasteiger partial charge < -0.3 is 4.90 Å². The van der Waals surface area contributed by atoms with Crippen LogP contribution in [0.4, 0.5) is 5.69 Å². The topological polar surface area (TPSA) is 57.7 Å². The zero-order chi connectivity index (χ0) is 15.6. The molecule has 6 heteroatoms. The van der Waals surface area contributed by atoms with E-state index in [-0.39, 0.29) is 5.91 Å². The minimum Gasteiger partial charge on any atom is -0.341 e. The molecule has 0 N–H and O–H groups in total. The normalized spacial score (nSPS) is 16.8. The van der Waals surface area contributed by atoms with Gasteiger partial charge in [0.1, 0.15) is 6.04 Å². The highest BCUT2D eigenvalue weighted by atomic mass is 32.2. The van der Waals surface area contributed by atoms with Gasteiger partial charge in [0.25, 0.3) is 0 Å². The average Bonchev–Trinajstić information content (AvgIpc) is 2.90. The summed E-state index contributed by atoms with van der Waals surface area (Å²) in [5, 5.41) is 0. The number of likely N-dealkylation sites (tertiary alicyclic amines) is 1. The Morgan fingerprint density at radius 2 is 1.90 bits per heavy atom. The van der Waals surface area contributed by atoms with Crippen LogP contribution in [0.15, 0.2) is 24.3 Å². The van der Waals surface area contributed by atoms with E-state index in [0.717, 1.165) is 24.7 Å². The van der Waals surface area contributed by atoms with E-state index in [4.69, 9.17) is 0 Å². The Hall–Kier alpha value is -1.56. The second-order valence-electron chi connectivity index (χ2n) is 5.61. The number of nitrogens with zero attached hydrogens (tertiary/aromatic N) is 2. The number of rotatable bonds is 4. The Morgan fingerprint density at radius 1 is 1.29 bits per heavy atom. The van der Waals surface area contributed by atoms with Crippen LogP contribution in [0.3, 0.4) is 0 Å². The molecule has 1 saturated heterocycles. The Balaban J connectivity index is 2.34. The molecule has 1 fully saturated rings. The molecular formula is C15H22N2O3S. The molecule has 0 unspecified atom stereocenters. The van der Waals surface area contributed by atoms with Crippen LogP contribution in [-0.4, -0.2) is 44.6 Å². The van der Waals surface area contributed by atoms with E-state index in [2.05, 4.69) is 0 Å². The molecule has 21 heavy (non-hydrogen) atoms. The molecule has 5 nitrogen and oxygen atoms in total. The van der Waals surface area contributed by atoms with Gasteiger partial charge in [0.05, 0.1) is 11.9 Å². The Kier molecular flexibility index (Phi) is 4.56. The Bertz CT molecular complexity index is 622. The molecule has 0 bridgehead atoms. The first-order valence-electron chi connectivity index (χ1n) is 7.15. The number of hydrogen-bond donors (Lipinski definition) is 0. The van der Waals surface area contributed by atoms with Crippen LogP contribution in [0.5, 0.6) is 0 Å². The summed E-state index contributed by atoms with van der Waals surface area (Å²) in [6.45, 7) is 4.99. The van der Waals surface area contributed by atoms with Crippen LogP contribution in [-0.2, 0) is 14.8 Å². The highest BCUT2D eigenvalue weighted by Crippen LogP contribution is 2.23. The summed E-state index contributed by atoms with van der Waals surface area (Å²) in [5.41, 5.74) is 1.50. The Morgan fingerprint density at radius 3 is 2.43 bits per heavy atom. The monoisotopic (exact) mass is 310 g/mol. The molecule has 0 saturated carbocycles. The van der Waals surface area contributed by atoms with E-state index < -0.39 is 16.1 Å². The number of anilines is 1. The fourth-order valence-electron chi connectivity index (χ4n) is 2.77. The summed E-state index contributed by atoms with van der Waals surface area (Å²) in [7, 11) is -3.52. The molecule has 1 amide bonds. The van der Waals surface area contributed by atoms with Crippen LogP contribution < -0.4 is 4.31 Å². The number of carbonyl (C=O) groups excluding carboxylic acids is 1. The number of hydrogen-bond acceptors (Lipinski definition) is 3. The lowest BCUT2D eigenvalue weighted by atomic mass is 10.2. The lowest BCUT2D eigenvalue weighted by Crippen LogP contribution is -2.48. The van der Waals surface area contributed by atoms with E-state index in [0.29, 0.717) is 18.8 Å². The maximum absolute atomic E-state index is 12.5. The third-order valence-corrected chi connectivity index (χ3v) is 4.98. The zero-order valence-electron chi connectivity index (χ0n) is 12.7. The van der Waals surface area contributed by atoms with Crippen molar-refractivity contribution in [3.05, 3.63) is 29.8 Å². The molecule has 116 valence electrons. The van der Waals surface area contributed by atoms with Gasteiger partial charge >= 0.3 is 0 Å². The average molecular weight is 310 g/mol. The second kappa shape index (κ2) is 6.05. The first-order valence-corrected chi connectivity index (χ1v) is 9.00. The fraction of sp³-hybridized carbons (Fsp3) is 0.533. The van der Waals surface area contributed by atoms with Crippen molar-refractivity contribution in [3.8, 4) is 0 Å². The van der Waals surface area contributed by atoms with Gasteiger partial charge in [0, 0.05) is 13.1 Å². The van der Waals surface area contributed by atoms with E-state index >= 15 is 0 Å². The summed E-state index contributed by atoms with van der Waals surface area (Å²) in [4.78, 5) is 14.3. The minimum absolute atomic E-state index is 0.126. The molecule has 1 aliphatic rings. The second-order valence-corrected chi connectivity index (χ2v) is 7.47. The Labute approximate surface area is 126 Å². The third-order valence-electron chi connectivity index (χ3n) is 3.74. The summed E-state index contributed by atoms with van der Waals surface area (Å²) in [6, 6.07) is 6.49. The van der Waals surface area contributed by atoms with Gasteiger partial charge in [0.2, 0.25) is 15.9 Å². The van der Waals surface area contributed by atoms with Gasteiger partial charge in [-0.1, -0.05) is 12.1 Å². The zero-order valence-corrected chi connectivity index (χ0v) is 13.6. The minimum atomic E-state index is -3.52. The molecule has 1 atom stereocenters. The van der Waals surface area contributed by atoms with E-state index in [9.17, 15) is 13.2 Å². The summed E-state index contributed by atoms with van der Waals surface area (Å²) in [5.74, 6) is -0.126. The van der Waals surface area contributed by atoms with E-state index in [1.54, 1.807) is 30.0 Å². The van der Waals surface area contributed by atoms with Gasteiger partial charge in [-0.25, -0.2) is 8.42 Å². The summed E-state index contributed by atoms with van der Waals surface area (Å²) < 4.78 is 25.5. The summed E-state index contributed by atoms with van der Waals surface area (Å²) >= 11 is 0. The molecule has 1 heterocycles. The summed E-state index contributed by atoms with van der Waals surface area (Å²) in [6.07, 6.45) is 3.12. The lowest BCUT2D eigenvalue weighted by Gasteiger charge is -2.31. The van der Waals surface area contributed by atoms with Gasteiger partial charge in [-0.3, -0.25) is 9.10 Å². The standard InChI is InChI=1S/C15H22N2O3S/c1-12-7-6-8-14(11-12)17(21(3,19)20)13(2)15(18)16-9-4-5-10-16/h6-8,11,13H,4-5,9-10H2,1-3H3/t13-/m1/s1. The van der Waals surface area contributed by atoms with Crippen molar-refractivity contribution in [3.63, 3.8) is 0 Å². The predicted octanol–water partition coefficient (Wildman–Crippen LogP) is 1.77. The first kappa shape index (κ1) is 15.8. The van der Waals surface area contributed by atoms with Crippen LogP contribution >= 0.6 is 0 Å². The molecule has 0 spiro atoms.